The number of hydrogen-bond donors (Lipinski definition) is 1. The van der Waals surface area contributed by atoms with Gasteiger partial charge in [-0.2, -0.15) is 5.26 Å². The molecule has 0 atom stereocenters. The van der Waals surface area contributed by atoms with E-state index in [1.807, 2.05) is 12.1 Å². The van der Waals surface area contributed by atoms with E-state index in [1.54, 1.807) is 36.4 Å². The summed E-state index contributed by atoms with van der Waals surface area (Å²) in [4.78, 5) is 39.0. The van der Waals surface area contributed by atoms with E-state index >= 15 is 0 Å². The molecule has 0 aliphatic carbocycles. The zero-order chi connectivity index (χ0) is 25.2. The first-order valence-corrected chi connectivity index (χ1v) is 11.5. The highest BCUT2D eigenvalue weighted by Crippen LogP contribution is 2.36. The molecule has 9 nitrogen and oxygen atoms in total. The number of nitrogens with zero attached hydrogens (tertiary/aromatic N) is 2. The number of rotatable bonds is 5. The predicted molar refractivity (Wildman–Crippen MR) is 131 cm³/mol. The van der Waals surface area contributed by atoms with E-state index in [0.29, 0.717) is 32.8 Å². The van der Waals surface area contributed by atoms with Crippen molar-refractivity contribution >= 4 is 45.5 Å². The predicted octanol–water partition coefficient (Wildman–Crippen LogP) is 4.29. The molecule has 0 saturated carbocycles. The van der Waals surface area contributed by atoms with Gasteiger partial charge in [-0.3, -0.25) is 14.9 Å². The van der Waals surface area contributed by atoms with Gasteiger partial charge in [0.1, 0.15) is 17.9 Å². The molecule has 2 heterocycles. The van der Waals surface area contributed by atoms with Crippen LogP contribution in [0.4, 0.5) is 10.5 Å². The number of nitriles is 1. The molecule has 5 rings (SSSR count). The summed E-state index contributed by atoms with van der Waals surface area (Å²) in [6.07, 6.45) is 1.39. The zero-order valence-electron chi connectivity index (χ0n) is 18.5. The monoisotopic (exact) mass is 545 g/mol. The summed E-state index contributed by atoms with van der Waals surface area (Å²) in [5, 5.41) is 11.4. The third-order valence-corrected chi connectivity index (χ3v) is 6.12. The molecule has 1 N–H and O–H groups in total. The topological polar surface area (TPSA) is 118 Å². The van der Waals surface area contributed by atoms with Gasteiger partial charge in [-0.05, 0) is 57.9 Å². The number of fused-ring (bicyclic) bond motifs is 1. The molecule has 3 aromatic rings. The van der Waals surface area contributed by atoms with Crippen LogP contribution in [0.25, 0.3) is 6.08 Å². The fourth-order valence-electron chi connectivity index (χ4n) is 3.72. The zero-order valence-corrected chi connectivity index (χ0v) is 20.1. The number of nitrogens with one attached hydrogen (secondary N) is 1. The van der Waals surface area contributed by atoms with Crippen LogP contribution in [0.2, 0.25) is 0 Å². The fraction of sp³-hybridized carbons (Fsp3) is 0.0769. The highest BCUT2D eigenvalue weighted by Gasteiger charge is 2.37. The summed E-state index contributed by atoms with van der Waals surface area (Å²) in [6.45, 7) is 0.234. The molecule has 2 aliphatic rings. The highest BCUT2D eigenvalue weighted by atomic mass is 79.9. The number of amides is 4. The summed E-state index contributed by atoms with van der Waals surface area (Å²) in [5.41, 5.74) is 1.83. The number of urea groups is 1. The van der Waals surface area contributed by atoms with Gasteiger partial charge in [0, 0.05) is 11.6 Å². The minimum Gasteiger partial charge on any atom is -0.488 e. The lowest BCUT2D eigenvalue weighted by Gasteiger charge is -2.26. The second-order valence-corrected chi connectivity index (χ2v) is 8.60. The first-order chi connectivity index (χ1) is 17.4. The Morgan fingerprint density at radius 2 is 1.86 bits per heavy atom. The Morgan fingerprint density at radius 1 is 1.06 bits per heavy atom. The number of imide groups is 2. The van der Waals surface area contributed by atoms with Crippen molar-refractivity contribution < 1.29 is 28.6 Å². The van der Waals surface area contributed by atoms with Gasteiger partial charge in [-0.1, -0.05) is 24.3 Å². The van der Waals surface area contributed by atoms with Crippen molar-refractivity contribution in [2.45, 2.75) is 6.61 Å². The van der Waals surface area contributed by atoms with Gasteiger partial charge in [0.15, 0.2) is 11.5 Å². The van der Waals surface area contributed by atoms with Crippen LogP contribution in [0.3, 0.4) is 0 Å². The number of barbiturate groups is 1. The lowest BCUT2D eigenvalue weighted by atomic mass is 10.1. The number of halogens is 1. The Kier molecular flexibility index (Phi) is 6.14. The van der Waals surface area contributed by atoms with Gasteiger partial charge < -0.3 is 14.2 Å². The van der Waals surface area contributed by atoms with Gasteiger partial charge in [-0.25, -0.2) is 9.69 Å². The third-order valence-electron chi connectivity index (χ3n) is 5.50. The maximum Gasteiger partial charge on any atom is 0.335 e. The maximum atomic E-state index is 13.2. The molecule has 10 heteroatoms. The van der Waals surface area contributed by atoms with E-state index in [2.05, 4.69) is 27.3 Å². The van der Waals surface area contributed by atoms with Crippen LogP contribution >= 0.6 is 15.9 Å². The number of hydrogen-bond acceptors (Lipinski definition) is 7. The Hall–Kier alpha value is -4.62. The molecule has 0 spiro atoms. The summed E-state index contributed by atoms with van der Waals surface area (Å²) < 4.78 is 17.0. The number of anilines is 1. The van der Waals surface area contributed by atoms with Gasteiger partial charge >= 0.3 is 6.03 Å². The molecule has 0 aromatic heterocycles. The normalized spacial score (nSPS) is 15.6. The van der Waals surface area contributed by atoms with Crippen LogP contribution in [-0.4, -0.2) is 24.6 Å². The van der Waals surface area contributed by atoms with Crippen LogP contribution in [0, 0.1) is 11.3 Å². The molecule has 3 aromatic carbocycles. The average molecular weight is 546 g/mol. The smallest absolute Gasteiger partial charge is 0.335 e. The van der Waals surface area contributed by atoms with Crippen molar-refractivity contribution in [2.75, 3.05) is 11.7 Å². The molecule has 1 fully saturated rings. The molecule has 178 valence electrons. The third kappa shape index (κ3) is 4.39. The van der Waals surface area contributed by atoms with E-state index < -0.39 is 17.8 Å². The van der Waals surface area contributed by atoms with E-state index in [0.717, 1.165) is 10.5 Å². The van der Waals surface area contributed by atoms with Crippen molar-refractivity contribution in [1.29, 1.82) is 5.26 Å². The van der Waals surface area contributed by atoms with Crippen molar-refractivity contribution in [3.63, 3.8) is 0 Å². The summed E-state index contributed by atoms with van der Waals surface area (Å²) in [6, 6.07) is 18.1. The quantitative estimate of drug-likeness (QED) is 0.375. The van der Waals surface area contributed by atoms with Gasteiger partial charge in [0.05, 0.1) is 21.8 Å². The first kappa shape index (κ1) is 23.1. The highest BCUT2D eigenvalue weighted by molar-refractivity contribution is 9.10. The van der Waals surface area contributed by atoms with Gasteiger partial charge in [0.2, 0.25) is 6.79 Å². The van der Waals surface area contributed by atoms with E-state index in [1.165, 1.54) is 18.2 Å². The van der Waals surface area contributed by atoms with Crippen molar-refractivity contribution in [3.05, 3.63) is 87.4 Å². The van der Waals surface area contributed by atoms with E-state index in [9.17, 15) is 19.6 Å². The lowest BCUT2D eigenvalue weighted by Crippen LogP contribution is -2.54. The van der Waals surface area contributed by atoms with Crippen LogP contribution < -0.4 is 24.4 Å². The minimum atomic E-state index is -0.858. The van der Waals surface area contributed by atoms with Crippen LogP contribution in [0.5, 0.6) is 17.2 Å². The molecule has 0 radical (unpaired) electrons. The Bertz CT molecular complexity index is 1490. The van der Waals surface area contributed by atoms with Crippen LogP contribution in [0.15, 0.2) is 70.7 Å². The standard InChI is InChI=1S/C26H16BrN3O6/c27-20-10-15(5-7-21(20)34-13-17-4-2-1-3-16(17)12-28)9-19-24(31)29-26(33)30(25(19)32)18-6-8-22-23(11-18)36-14-35-22/h1-11H,13-14H2,(H,29,31,33)/b19-9+. The maximum absolute atomic E-state index is 13.2. The second kappa shape index (κ2) is 9.56. The summed E-state index contributed by atoms with van der Waals surface area (Å²) in [5.74, 6) is -0.161. The molecular formula is C26H16BrN3O6. The largest absolute Gasteiger partial charge is 0.488 e. The SMILES string of the molecule is N#Cc1ccccc1COc1ccc(/C=C2\C(=O)NC(=O)N(c3ccc4c(c3)OCO4)C2=O)cc1Br. The molecule has 0 unspecified atom stereocenters. The number of benzene rings is 3. The Morgan fingerprint density at radius 3 is 2.67 bits per heavy atom. The summed E-state index contributed by atoms with van der Waals surface area (Å²) in [7, 11) is 0. The fourth-order valence-corrected chi connectivity index (χ4v) is 4.23. The van der Waals surface area contributed by atoms with Crippen LogP contribution in [-0.2, 0) is 16.2 Å². The van der Waals surface area contributed by atoms with Crippen molar-refractivity contribution in [3.8, 4) is 23.3 Å². The van der Waals surface area contributed by atoms with E-state index in [4.69, 9.17) is 14.2 Å². The summed E-state index contributed by atoms with van der Waals surface area (Å²) >= 11 is 3.44. The molecule has 36 heavy (non-hydrogen) atoms. The van der Waals surface area contributed by atoms with Gasteiger partial charge in [-0.15, -0.1) is 0 Å². The lowest BCUT2D eigenvalue weighted by molar-refractivity contribution is -0.122. The minimum absolute atomic E-state index is 0.0436. The Balaban J connectivity index is 1.38. The molecule has 4 amide bonds. The average Bonchev–Trinajstić information content (AvgIpc) is 3.34. The van der Waals surface area contributed by atoms with Crippen molar-refractivity contribution in [1.82, 2.24) is 5.32 Å². The first-order valence-electron chi connectivity index (χ1n) is 10.7. The number of carbonyl (C=O) groups is 3. The van der Waals surface area contributed by atoms with Crippen LogP contribution in [0.1, 0.15) is 16.7 Å². The second-order valence-electron chi connectivity index (χ2n) is 7.74. The molecule has 1 saturated heterocycles. The van der Waals surface area contributed by atoms with Crippen molar-refractivity contribution in [2.24, 2.45) is 0 Å². The number of ether oxygens (including phenoxy) is 3. The molecule has 2 aliphatic heterocycles. The molecule has 0 bridgehead atoms. The van der Waals surface area contributed by atoms with Gasteiger partial charge in [0.25, 0.3) is 11.8 Å². The Labute approximate surface area is 213 Å². The molecular weight excluding hydrogens is 530 g/mol. The van der Waals surface area contributed by atoms with E-state index in [-0.39, 0.29) is 24.7 Å². The number of carbonyl (C=O) groups excluding carboxylic acids is 3.